The van der Waals surface area contributed by atoms with Crippen molar-refractivity contribution in [3.05, 3.63) is 99.3 Å². The lowest BCUT2D eigenvalue weighted by Crippen LogP contribution is -2.51. The van der Waals surface area contributed by atoms with Crippen molar-refractivity contribution in [3.8, 4) is 5.69 Å². The summed E-state index contributed by atoms with van der Waals surface area (Å²) in [5, 5.41) is 3.94. The van der Waals surface area contributed by atoms with Gasteiger partial charge >= 0.3 is 0 Å². The number of halogens is 2. The summed E-state index contributed by atoms with van der Waals surface area (Å²) >= 11 is 6.03. The Morgan fingerprint density at radius 1 is 1.00 bits per heavy atom. The molecule has 9 heteroatoms. The predicted molar refractivity (Wildman–Crippen MR) is 141 cm³/mol. The standard InChI is InChI=1S/C29H22ClFN4O3/c1-14(2)24-22-23(27(38)34(26(22)37)15-11-12-19(31)18(30)13-15)29(33-24)17-8-4-6-10-21(17)35-25(36)16-7-3-5-9-20(16)32-28(29)35/h3-14,22-24,33H,1-2H3/t22-,23-,24-,29-/m1/s1. The number of hydrogen-bond donors (Lipinski definition) is 1. The highest BCUT2D eigenvalue weighted by atomic mass is 35.5. The Kier molecular flexibility index (Phi) is 4.78. The summed E-state index contributed by atoms with van der Waals surface area (Å²) in [4.78, 5) is 48.2. The summed E-state index contributed by atoms with van der Waals surface area (Å²) in [6.45, 7) is 3.98. The van der Waals surface area contributed by atoms with Gasteiger partial charge in [-0.25, -0.2) is 14.3 Å². The van der Waals surface area contributed by atoms with Crippen molar-refractivity contribution in [3.63, 3.8) is 0 Å². The second-order valence-corrected chi connectivity index (χ2v) is 10.9. The van der Waals surface area contributed by atoms with Crippen LogP contribution in [0, 0.1) is 23.6 Å². The van der Waals surface area contributed by atoms with Crippen LogP contribution < -0.4 is 15.8 Å². The third kappa shape index (κ3) is 2.76. The van der Waals surface area contributed by atoms with Crippen LogP contribution in [0.3, 0.4) is 0 Å². The number of imide groups is 1. The van der Waals surface area contributed by atoms with E-state index in [2.05, 4.69) is 5.32 Å². The number of fused-ring (bicyclic) bond motifs is 8. The van der Waals surface area contributed by atoms with Gasteiger partial charge in [-0.3, -0.25) is 24.3 Å². The van der Waals surface area contributed by atoms with Crippen molar-refractivity contribution < 1.29 is 14.0 Å². The monoisotopic (exact) mass is 528 g/mol. The fraction of sp³-hybridized carbons (Fsp3) is 0.241. The lowest BCUT2D eigenvalue weighted by molar-refractivity contribution is -0.123. The normalized spacial score (nSPS) is 25.5. The smallest absolute Gasteiger partial charge is 0.266 e. The van der Waals surface area contributed by atoms with Crippen LogP contribution in [-0.2, 0) is 15.1 Å². The van der Waals surface area contributed by atoms with Crippen LogP contribution >= 0.6 is 11.6 Å². The fourth-order valence-corrected chi connectivity index (χ4v) is 6.78. The number of para-hydroxylation sites is 2. The number of anilines is 1. The number of rotatable bonds is 2. The molecule has 0 aliphatic carbocycles. The topological polar surface area (TPSA) is 84.3 Å². The third-order valence-corrected chi connectivity index (χ3v) is 8.47. The van der Waals surface area contributed by atoms with Crippen LogP contribution in [0.1, 0.15) is 25.2 Å². The van der Waals surface area contributed by atoms with E-state index in [-0.39, 0.29) is 34.1 Å². The molecule has 1 aromatic heterocycles. The minimum atomic E-state index is -1.22. The second kappa shape index (κ2) is 7.82. The molecule has 2 amide bonds. The number of nitrogens with zero attached hydrogens (tertiary/aromatic N) is 3. The average Bonchev–Trinajstić information content (AvgIpc) is 3.50. The van der Waals surface area contributed by atoms with Gasteiger partial charge in [-0.2, -0.15) is 0 Å². The molecule has 7 nitrogen and oxygen atoms in total. The SMILES string of the molecule is CC(C)[C@H]1N[C@]2(c3ccccc3-n3c2nc2ccccc2c3=O)[C@H]2C(=O)N(c3ccc(F)c(Cl)c3)C(=O)[C@@H]12. The first-order valence-electron chi connectivity index (χ1n) is 12.5. The average molecular weight is 529 g/mol. The van der Waals surface area contributed by atoms with Gasteiger partial charge in [0, 0.05) is 11.6 Å². The highest BCUT2D eigenvalue weighted by molar-refractivity contribution is 6.31. The number of carbonyl (C=O) groups excluding carboxylic acids is 2. The third-order valence-electron chi connectivity index (χ3n) is 8.18. The summed E-state index contributed by atoms with van der Waals surface area (Å²) in [6.07, 6.45) is 0. The largest absolute Gasteiger partial charge is 0.296 e. The highest BCUT2D eigenvalue weighted by Gasteiger charge is 2.70. The molecular formula is C29H22ClFN4O3. The zero-order valence-corrected chi connectivity index (χ0v) is 21.2. The van der Waals surface area contributed by atoms with Crippen LogP contribution in [0.2, 0.25) is 5.02 Å². The highest BCUT2D eigenvalue weighted by Crippen LogP contribution is 2.56. The van der Waals surface area contributed by atoms with Gasteiger partial charge in [0.2, 0.25) is 11.8 Å². The van der Waals surface area contributed by atoms with Crippen molar-refractivity contribution in [2.45, 2.75) is 25.4 Å². The molecule has 4 heterocycles. The molecule has 3 aliphatic rings. The Labute approximate surface area is 221 Å². The number of aromatic nitrogens is 2. The van der Waals surface area contributed by atoms with Crippen LogP contribution in [0.4, 0.5) is 10.1 Å². The maximum absolute atomic E-state index is 14.3. The van der Waals surface area contributed by atoms with Gasteiger partial charge in [0.05, 0.1) is 39.1 Å². The Morgan fingerprint density at radius 3 is 2.50 bits per heavy atom. The lowest BCUT2D eigenvalue weighted by atomic mass is 9.75. The fourth-order valence-electron chi connectivity index (χ4n) is 6.60. The van der Waals surface area contributed by atoms with Crippen molar-refractivity contribution >= 4 is 40.0 Å². The Hall–Kier alpha value is -3.88. The van der Waals surface area contributed by atoms with E-state index in [9.17, 15) is 18.8 Å². The molecule has 1 N–H and O–H groups in total. The van der Waals surface area contributed by atoms with E-state index in [0.29, 0.717) is 22.4 Å². The van der Waals surface area contributed by atoms with E-state index in [1.165, 1.54) is 12.1 Å². The Morgan fingerprint density at radius 2 is 1.74 bits per heavy atom. The molecule has 4 atom stereocenters. The Bertz CT molecular complexity index is 1770. The van der Waals surface area contributed by atoms with Crippen molar-refractivity contribution in [2.24, 2.45) is 17.8 Å². The molecule has 3 aromatic carbocycles. The number of benzene rings is 3. The lowest BCUT2D eigenvalue weighted by Gasteiger charge is -2.32. The molecule has 38 heavy (non-hydrogen) atoms. The van der Waals surface area contributed by atoms with Crippen molar-refractivity contribution in [1.82, 2.24) is 14.9 Å². The molecule has 1 spiro atoms. The van der Waals surface area contributed by atoms with Crippen molar-refractivity contribution in [2.75, 3.05) is 4.90 Å². The molecule has 2 fully saturated rings. The molecule has 0 radical (unpaired) electrons. The van der Waals surface area contributed by atoms with E-state index in [1.807, 2.05) is 44.2 Å². The minimum Gasteiger partial charge on any atom is -0.296 e. The number of amides is 2. The molecule has 2 saturated heterocycles. The van der Waals surface area contributed by atoms with Gasteiger partial charge in [0.1, 0.15) is 17.2 Å². The second-order valence-electron chi connectivity index (χ2n) is 10.4. The molecule has 3 aliphatic heterocycles. The predicted octanol–water partition coefficient (Wildman–Crippen LogP) is 4.17. The van der Waals surface area contributed by atoms with Gasteiger partial charge in [0.25, 0.3) is 5.56 Å². The first-order chi connectivity index (χ1) is 18.3. The summed E-state index contributed by atoms with van der Waals surface area (Å²) in [5.41, 5.74) is 0.628. The van der Waals surface area contributed by atoms with E-state index in [0.717, 1.165) is 16.5 Å². The molecule has 7 rings (SSSR count). The van der Waals surface area contributed by atoms with E-state index >= 15 is 0 Å². The molecule has 4 aromatic rings. The number of hydrogen-bond acceptors (Lipinski definition) is 5. The Balaban J connectivity index is 1.53. The summed E-state index contributed by atoms with van der Waals surface area (Å²) in [7, 11) is 0. The van der Waals surface area contributed by atoms with Crippen LogP contribution in [0.15, 0.2) is 71.5 Å². The number of nitrogens with one attached hydrogen (secondary N) is 1. The summed E-state index contributed by atoms with van der Waals surface area (Å²) in [6, 6.07) is 18.0. The van der Waals surface area contributed by atoms with Crippen LogP contribution in [-0.4, -0.2) is 27.4 Å². The quantitative estimate of drug-likeness (QED) is 0.395. The zero-order valence-electron chi connectivity index (χ0n) is 20.5. The molecule has 0 unspecified atom stereocenters. The van der Waals surface area contributed by atoms with Crippen LogP contribution in [0.5, 0.6) is 0 Å². The van der Waals surface area contributed by atoms with E-state index in [1.54, 1.807) is 22.8 Å². The van der Waals surface area contributed by atoms with Crippen molar-refractivity contribution in [1.29, 1.82) is 0 Å². The molecule has 0 saturated carbocycles. The molecule has 0 bridgehead atoms. The molecular weight excluding hydrogens is 507 g/mol. The van der Waals surface area contributed by atoms with Gasteiger partial charge < -0.3 is 0 Å². The first kappa shape index (κ1) is 23.3. The maximum Gasteiger partial charge on any atom is 0.266 e. The van der Waals surface area contributed by atoms with Gasteiger partial charge in [0.15, 0.2) is 0 Å². The summed E-state index contributed by atoms with van der Waals surface area (Å²) in [5.74, 6) is -2.70. The number of carbonyl (C=O) groups is 2. The minimum absolute atomic E-state index is 0.0243. The van der Waals surface area contributed by atoms with Gasteiger partial charge in [-0.1, -0.05) is 55.8 Å². The maximum atomic E-state index is 14.3. The molecule has 190 valence electrons. The zero-order chi connectivity index (χ0) is 26.5. The van der Waals surface area contributed by atoms with Crippen LogP contribution in [0.25, 0.3) is 16.6 Å². The van der Waals surface area contributed by atoms with E-state index < -0.39 is 29.1 Å². The summed E-state index contributed by atoms with van der Waals surface area (Å²) < 4.78 is 15.5. The van der Waals surface area contributed by atoms with Gasteiger partial charge in [-0.15, -0.1) is 0 Å². The first-order valence-corrected chi connectivity index (χ1v) is 12.9. The van der Waals surface area contributed by atoms with E-state index in [4.69, 9.17) is 16.6 Å². The van der Waals surface area contributed by atoms with Gasteiger partial charge in [-0.05, 0) is 42.3 Å².